The molecule has 0 bridgehead atoms. The van der Waals surface area contributed by atoms with Gasteiger partial charge >= 0.3 is 0 Å². The lowest BCUT2D eigenvalue weighted by atomic mass is 10.6. The second kappa shape index (κ2) is 7.98. The fraction of sp³-hybridized carbons (Fsp3) is 0.750. The summed E-state index contributed by atoms with van der Waals surface area (Å²) in [4.78, 5) is 10.6. The first-order valence-corrected chi connectivity index (χ1v) is 6.09. The van der Waals surface area contributed by atoms with E-state index in [4.69, 9.17) is 10.5 Å². The molecule has 96 valence electrons. The average Bonchev–Trinajstić information content (AvgIpc) is 2.73. The lowest BCUT2D eigenvalue weighted by Gasteiger charge is -2.05. The minimum atomic E-state index is -0.386. The third-order valence-corrected chi connectivity index (χ3v) is 2.81. The first-order chi connectivity index (χ1) is 8.24. The molecule has 0 atom stereocenters. The maximum atomic E-state index is 10.6. The zero-order valence-electron chi connectivity index (χ0n) is 9.63. The number of thioether (sulfide) groups is 1. The van der Waals surface area contributed by atoms with Crippen LogP contribution in [-0.4, -0.2) is 58.7 Å². The van der Waals surface area contributed by atoms with Gasteiger partial charge in [0.1, 0.15) is 0 Å². The molecule has 0 aliphatic rings. The zero-order valence-corrected chi connectivity index (χ0v) is 10.4. The SMILES string of the molecule is COCCNCCn1nnnc1SCC(N)=O. The number of primary amides is 1. The normalized spacial score (nSPS) is 10.6. The summed E-state index contributed by atoms with van der Waals surface area (Å²) in [6.45, 7) is 2.82. The summed E-state index contributed by atoms with van der Waals surface area (Å²) in [7, 11) is 1.65. The van der Waals surface area contributed by atoms with Gasteiger partial charge in [0.15, 0.2) is 0 Å². The first-order valence-electron chi connectivity index (χ1n) is 5.11. The van der Waals surface area contributed by atoms with E-state index in [1.165, 1.54) is 11.8 Å². The topological polar surface area (TPSA) is 108 Å². The predicted octanol–water partition coefficient (Wildman–Crippen LogP) is -1.51. The van der Waals surface area contributed by atoms with Gasteiger partial charge in [-0.1, -0.05) is 11.8 Å². The molecule has 17 heavy (non-hydrogen) atoms. The van der Waals surface area contributed by atoms with E-state index in [9.17, 15) is 4.79 Å². The summed E-state index contributed by atoms with van der Waals surface area (Å²) in [6, 6.07) is 0. The Kier molecular flexibility index (Phi) is 6.51. The molecule has 1 rings (SSSR count). The molecule has 1 aromatic rings. The monoisotopic (exact) mass is 260 g/mol. The third-order valence-electron chi connectivity index (χ3n) is 1.83. The summed E-state index contributed by atoms with van der Waals surface area (Å²) in [5.41, 5.74) is 5.05. The number of rotatable bonds is 9. The minimum Gasteiger partial charge on any atom is -0.383 e. The Morgan fingerprint density at radius 2 is 2.41 bits per heavy atom. The van der Waals surface area contributed by atoms with Gasteiger partial charge < -0.3 is 15.8 Å². The summed E-state index contributed by atoms with van der Waals surface area (Å²) >= 11 is 1.23. The number of amides is 1. The van der Waals surface area contributed by atoms with Crippen LogP contribution in [0.5, 0.6) is 0 Å². The highest BCUT2D eigenvalue weighted by Crippen LogP contribution is 2.11. The van der Waals surface area contributed by atoms with Crippen LogP contribution in [0, 0.1) is 0 Å². The number of nitrogens with two attached hydrogens (primary N) is 1. The smallest absolute Gasteiger partial charge is 0.227 e. The van der Waals surface area contributed by atoms with Gasteiger partial charge in [0.2, 0.25) is 11.1 Å². The largest absolute Gasteiger partial charge is 0.383 e. The van der Waals surface area contributed by atoms with Crippen molar-refractivity contribution in [2.24, 2.45) is 5.73 Å². The van der Waals surface area contributed by atoms with Crippen LogP contribution in [0.15, 0.2) is 5.16 Å². The van der Waals surface area contributed by atoms with Gasteiger partial charge in [0, 0.05) is 20.2 Å². The molecule has 0 unspecified atom stereocenters. The summed E-state index contributed by atoms with van der Waals surface area (Å²) < 4.78 is 6.53. The third kappa shape index (κ3) is 5.61. The molecule has 8 nitrogen and oxygen atoms in total. The van der Waals surface area contributed by atoms with E-state index >= 15 is 0 Å². The Morgan fingerprint density at radius 1 is 1.59 bits per heavy atom. The summed E-state index contributed by atoms with van der Waals surface area (Å²) in [5, 5.41) is 15.0. The molecule has 1 amide bonds. The number of nitrogens with one attached hydrogen (secondary N) is 1. The number of hydrogen-bond acceptors (Lipinski definition) is 7. The lowest BCUT2D eigenvalue weighted by Crippen LogP contribution is -2.24. The van der Waals surface area contributed by atoms with E-state index in [1.807, 2.05) is 0 Å². The number of nitrogens with zero attached hydrogens (tertiary/aromatic N) is 4. The Bertz CT molecular complexity index is 345. The highest BCUT2D eigenvalue weighted by atomic mass is 32.2. The van der Waals surface area contributed by atoms with Crippen LogP contribution in [0.1, 0.15) is 0 Å². The number of carbonyl (C=O) groups is 1. The van der Waals surface area contributed by atoms with Crippen LogP contribution in [0.2, 0.25) is 0 Å². The van der Waals surface area contributed by atoms with Gasteiger partial charge in [0.25, 0.3) is 0 Å². The molecule has 1 aromatic heterocycles. The fourth-order valence-corrected chi connectivity index (χ4v) is 1.70. The van der Waals surface area contributed by atoms with Gasteiger partial charge in [-0.15, -0.1) is 5.10 Å². The number of carbonyl (C=O) groups excluding carboxylic acids is 1. The highest BCUT2D eigenvalue weighted by molar-refractivity contribution is 7.99. The van der Waals surface area contributed by atoms with Crippen molar-refractivity contribution in [2.75, 3.05) is 32.6 Å². The number of ether oxygens (including phenoxy) is 1. The van der Waals surface area contributed by atoms with E-state index in [0.29, 0.717) is 18.3 Å². The number of aromatic nitrogens is 4. The standard InChI is InChI=1S/C8H16N6O2S/c1-16-5-3-10-2-4-14-8(11-12-13-14)17-6-7(9)15/h10H,2-6H2,1H3,(H2,9,15). The van der Waals surface area contributed by atoms with E-state index in [0.717, 1.165) is 13.1 Å². The Hall–Kier alpha value is -1.19. The molecule has 9 heteroatoms. The molecular weight excluding hydrogens is 244 g/mol. The van der Waals surface area contributed by atoms with Crippen molar-refractivity contribution in [3.63, 3.8) is 0 Å². The molecule has 0 aliphatic carbocycles. The average molecular weight is 260 g/mol. The van der Waals surface area contributed by atoms with E-state index in [2.05, 4.69) is 20.8 Å². The van der Waals surface area contributed by atoms with Crippen molar-refractivity contribution in [3.8, 4) is 0 Å². The summed E-state index contributed by atoms with van der Waals surface area (Å²) in [5.74, 6) is -0.208. The van der Waals surface area contributed by atoms with Gasteiger partial charge in [-0.2, -0.15) is 0 Å². The van der Waals surface area contributed by atoms with Crippen molar-refractivity contribution in [1.82, 2.24) is 25.5 Å². The minimum absolute atomic E-state index is 0.178. The maximum absolute atomic E-state index is 10.6. The fourth-order valence-electron chi connectivity index (χ4n) is 1.06. The Balaban J connectivity index is 2.27. The van der Waals surface area contributed by atoms with Gasteiger partial charge in [-0.25, -0.2) is 4.68 Å². The highest BCUT2D eigenvalue weighted by Gasteiger charge is 2.07. The van der Waals surface area contributed by atoms with E-state index in [-0.39, 0.29) is 11.7 Å². The number of methoxy groups -OCH3 is 1. The Labute approximate surface area is 103 Å². The molecule has 0 spiro atoms. The second-order valence-corrected chi connectivity index (χ2v) is 4.12. The van der Waals surface area contributed by atoms with Crippen LogP contribution < -0.4 is 11.1 Å². The lowest BCUT2D eigenvalue weighted by molar-refractivity contribution is -0.115. The van der Waals surface area contributed by atoms with Gasteiger partial charge in [0.05, 0.1) is 18.9 Å². The first kappa shape index (κ1) is 13.9. The zero-order chi connectivity index (χ0) is 12.5. The van der Waals surface area contributed by atoms with Crippen molar-refractivity contribution in [3.05, 3.63) is 0 Å². The molecule has 0 saturated carbocycles. The summed E-state index contributed by atoms with van der Waals surface area (Å²) in [6.07, 6.45) is 0. The van der Waals surface area contributed by atoms with Crippen LogP contribution in [0.4, 0.5) is 0 Å². The molecular formula is C8H16N6O2S. The van der Waals surface area contributed by atoms with Crippen LogP contribution in [0.3, 0.4) is 0 Å². The van der Waals surface area contributed by atoms with Crippen molar-refractivity contribution >= 4 is 17.7 Å². The Morgan fingerprint density at radius 3 is 3.12 bits per heavy atom. The number of tetrazole rings is 1. The maximum Gasteiger partial charge on any atom is 0.227 e. The van der Waals surface area contributed by atoms with Gasteiger partial charge in [-0.3, -0.25) is 4.79 Å². The molecule has 0 aliphatic heterocycles. The molecule has 0 fully saturated rings. The van der Waals surface area contributed by atoms with Crippen molar-refractivity contribution < 1.29 is 9.53 Å². The van der Waals surface area contributed by atoms with Crippen molar-refractivity contribution in [1.29, 1.82) is 0 Å². The molecule has 0 radical (unpaired) electrons. The van der Waals surface area contributed by atoms with Crippen LogP contribution in [0.25, 0.3) is 0 Å². The van der Waals surface area contributed by atoms with Crippen molar-refractivity contribution in [2.45, 2.75) is 11.7 Å². The van der Waals surface area contributed by atoms with E-state index < -0.39 is 0 Å². The predicted molar refractivity (Wildman–Crippen MR) is 62.5 cm³/mol. The molecule has 3 N–H and O–H groups in total. The van der Waals surface area contributed by atoms with Crippen LogP contribution >= 0.6 is 11.8 Å². The van der Waals surface area contributed by atoms with Crippen LogP contribution in [-0.2, 0) is 16.1 Å². The number of hydrogen-bond donors (Lipinski definition) is 2. The second-order valence-electron chi connectivity index (χ2n) is 3.18. The molecule has 0 saturated heterocycles. The van der Waals surface area contributed by atoms with E-state index in [1.54, 1.807) is 11.8 Å². The quantitative estimate of drug-likeness (QED) is 0.410. The molecule has 0 aromatic carbocycles. The molecule has 1 heterocycles. The van der Waals surface area contributed by atoms with Gasteiger partial charge in [-0.05, 0) is 10.4 Å².